The first-order chi connectivity index (χ1) is 14.5. The van der Waals surface area contributed by atoms with Crippen molar-refractivity contribution in [1.29, 1.82) is 0 Å². The molecule has 1 saturated heterocycles. The van der Waals surface area contributed by atoms with E-state index in [1.165, 1.54) is 4.90 Å². The Morgan fingerprint density at radius 2 is 1.80 bits per heavy atom. The predicted octanol–water partition coefficient (Wildman–Crippen LogP) is 4.67. The Labute approximate surface area is 179 Å². The summed E-state index contributed by atoms with van der Waals surface area (Å²) >= 11 is 5.95. The molecule has 30 heavy (non-hydrogen) atoms. The number of ketones is 1. The maximum Gasteiger partial charge on any atom is 0.295 e. The molecule has 1 aromatic heterocycles. The Hall–Kier alpha value is -3.44. The lowest BCUT2D eigenvalue weighted by Crippen LogP contribution is -2.29. The van der Waals surface area contributed by atoms with Gasteiger partial charge in [0.2, 0.25) is 0 Å². The van der Waals surface area contributed by atoms with Crippen molar-refractivity contribution < 1.29 is 14.7 Å². The fraction of sp³-hybridized carbons (Fsp3) is 0.125. The largest absolute Gasteiger partial charge is 0.507 e. The third-order valence-electron chi connectivity index (χ3n) is 5.22. The molecule has 0 aliphatic carbocycles. The van der Waals surface area contributed by atoms with Gasteiger partial charge in [-0.2, -0.15) is 0 Å². The fourth-order valence-corrected chi connectivity index (χ4v) is 3.84. The van der Waals surface area contributed by atoms with E-state index in [1.807, 2.05) is 37.3 Å². The van der Waals surface area contributed by atoms with Crippen LogP contribution in [0.4, 0.5) is 0 Å². The normalized spacial score (nSPS) is 18.1. The number of likely N-dealkylation sites (tertiary alicyclic amines) is 1. The van der Waals surface area contributed by atoms with Gasteiger partial charge in [-0.25, -0.2) is 0 Å². The smallest absolute Gasteiger partial charge is 0.295 e. The first-order valence-corrected chi connectivity index (χ1v) is 9.84. The summed E-state index contributed by atoms with van der Waals surface area (Å²) in [4.78, 5) is 31.6. The average Bonchev–Trinajstić information content (AvgIpc) is 3.00. The van der Waals surface area contributed by atoms with Gasteiger partial charge in [-0.05, 0) is 53.9 Å². The molecule has 1 atom stereocenters. The number of aryl methyl sites for hydroxylation is 1. The number of rotatable bonds is 4. The Morgan fingerprint density at radius 3 is 2.47 bits per heavy atom. The molecule has 1 unspecified atom stereocenters. The summed E-state index contributed by atoms with van der Waals surface area (Å²) in [5.74, 6) is -1.57. The van der Waals surface area contributed by atoms with E-state index in [1.54, 1.807) is 42.7 Å². The van der Waals surface area contributed by atoms with Gasteiger partial charge < -0.3 is 10.0 Å². The fourth-order valence-electron chi connectivity index (χ4n) is 3.71. The van der Waals surface area contributed by atoms with Gasteiger partial charge in [-0.3, -0.25) is 14.6 Å². The highest BCUT2D eigenvalue weighted by Gasteiger charge is 2.46. The third kappa shape index (κ3) is 3.60. The van der Waals surface area contributed by atoms with Gasteiger partial charge in [-0.15, -0.1) is 0 Å². The topological polar surface area (TPSA) is 70.5 Å². The standard InChI is InChI=1S/C24H19ClN2O3/c1-15-5-2-3-7-19(15)21-20(22(28)17-8-10-18(25)11-9-17)23(29)24(30)27(21)14-16-6-4-12-26-13-16/h2-13,21,28H,14H2,1H3/b22-20-. The van der Waals surface area contributed by atoms with E-state index in [-0.39, 0.29) is 17.9 Å². The lowest BCUT2D eigenvalue weighted by atomic mass is 9.92. The number of benzene rings is 2. The molecule has 4 rings (SSSR count). The first kappa shape index (κ1) is 19.9. The number of nitrogens with zero attached hydrogens (tertiary/aromatic N) is 2. The second kappa shape index (κ2) is 8.13. The highest BCUT2D eigenvalue weighted by Crippen LogP contribution is 2.41. The molecule has 0 radical (unpaired) electrons. The molecule has 1 fully saturated rings. The van der Waals surface area contributed by atoms with Crippen LogP contribution in [0.1, 0.15) is 28.3 Å². The molecule has 0 bridgehead atoms. The molecule has 0 saturated carbocycles. The molecule has 3 aromatic rings. The van der Waals surface area contributed by atoms with Gasteiger partial charge >= 0.3 is 0 Å². The third-order valence-corrected chi connectivity index (χ3v) is 5.47. The molecule has 2 aromatic carbocycles. The summed E-state index contributed by atoms with van der Waals surface area (Å²) in [6.45, 7) is 2.12. The zero-order chi connectivity index (χ0) is 21.3. The summed E-state index contributed by atoms with van der Waals surface area (Å²) in [5, 5.41) is 11.5. The molecule has 2 heterocycles. The van der Waals surface area contributed by atoms with E-state index in [9.17, 15) is 14.7 Å². The molecule has 1 N–H and O–H groups in total. The number of amides is 1. The van der Waals surface area contributed by atoms with Crippen LogP contribution in [0.15, 0.2) is 78.6 Å². The lowest BCUT2D eigenvalue weighted by molar-refractivity contribution is -0.140. The van der Waals surface area contributed by atoms with Gasteiger partial charge in [0.05, 0.1) is 11.6 Å². The van der Waals surface area contributed by atoms with Crippen LogP contribution in [-0.2, 0) is 16.1 Å². The van der Waals surface area contributed by atoms with Crippen molar-refractivity contribution in [2.75, 3.05) is 0 Å². The summed E-state index contributed by atoms with van der Waals surface area (Å²) in [7, 11) is 0. The zero-order valence-corrected chi connectivity index (χ0v) is 17.0. The molecular weight excluding hydrogens is 400 g/mol. The second-order valence-corrected chi connectivity index (χ2v) is 7.59. The molecule has 6 heteroatoms. The van der Waals surface area contributed by atoms with Crippen molar-refractivity contribution in [2.45, 2.75) is 19.5 Å². The number of Topliss-reactive ketones (excluding diaryl/α,β-unsaturated/α-hetero) is 1. The molecule has 5 nitrogen and oxygen atoms in total. The number of hydrogen-bond acceptors (Lipinski definition) is 4. The second-order valence-electron chi connectivity index (χ2n) is 7.15. The summed E-state index contributed by atoms with van der Waals surface area (Å²) < 4.78 is 0. The number of pyridine rings is 1. The van der Waals surface area contributed by atoms with Gasteiger partial charge in [0.1, 0.15) is 5.76 Å². The molecular formula is C24H19ClN2O3. The number of hydrogen-bond donors (Lipinski definition) is 1. The molecule has 1 aliphatic rings. The van der Waals surface area contributed by atoms with Crippen molar-refractivity contribution in [3.63, 3.8) is 0 Å². The minimum Gasteiger partial charge on any atom is -0.507 e. The van der Waals surface area contributed by atoms with Gasteiger partial charge in [0, 0.05) is 29.5 Å². The van der Waals surface area contributed by atoms with E-state index in [4.69, 9.17) is 11.6 Å². The quantitative estimate of drug-likeness (QED) is 0.380. The number of aliphatic hydroxyl groups excluding tert-OH is 1. The maximum atomic E-state index is 13.0. The summed E-state index contributed by atoms with van der Waals surface area (Å²) in [5.41, 5.74) is 3.00. The Balaban J connectivity index is 1.88. The number of carbonyl (C=O) groups is 2. The molecule has 1 amide bonds. The number of carbonyl (C=O) groups excluding carboxylic acids is 2. The van der Waals surface area contributed by atoms with Crippen LogP contribution in [-0.4, -0.2) is 26.7 Å². The number of halogens is 1. The van der Waals surface area contributed by atoms with Crippen LogP contribution in [0.25, 0.3) is 5.76 Å². The van der Waals surface area contributed by atoms with Gasteiger partial charge in [0.15, 0.2) is 0 Å². The minimum absolute atomic E-state index is 0.0699. The highest BCUT2D eigenvalue weighted by atomic mass is 35.5. The van der Waals surface area contributed by atoms with Crippen molar-refractivity contribution in [2.24, 2.45) is 0 Å². The Bertz CT molecular complexity index is 1140. The SMILES string of the molecule is Cc1ccccc1C1/C(=C(/O)c2ccc(Cl)cc2)C(=O)C(=O)N1Cc1cccnc1. The Morgan fingerprint density at radius 1 is 1.07 bits per heavy atom. The van der Waals surface area contributed by atoms with E-state index in [0.29, 0.717) is 10.6 Å². The van der Waals surface area contributed by atoms with E-state index in [2.05, 4.69) is 4.98 Å². The van der Waals surface area contributed by atoms with Crippen molar-refractivity contribution in [1.82, 2.24) is 9.88 Å². The van der Waals surface area contributed by atoms with Crippen LogP contribution >= 0.6 is 11.6 Å². The van der Waals surface area contributed by atoms with Crippen LogP contribution in [0.5, 0.6) is 0 Å². The number of aromatic nitrogens is 1. The maximum absolute atomic E-state index is 13.0. The van der Waals surface area contributed by atoms with Crippen LogP contribution in [0.2, 0.25) is 5.02 Å². The molecule has 150 valence electrons. The van der Waals surface area contributed by atoms with Crippen LogP contribution in [0.3, 0.4) is 0 Å². The highest BCUT2D eigenvalue weighted by molar-refractivity contribution is 6.46. The first-order valence-electron chi connectivity index (χ1n) is 9.46. The summed E-state index contributed by atoms with van der Waals surface area (Å²) in [6.07, 6.45) is 3.31. The van der Waals surface area contributed by atoms with Crippen molar-refractivity contribution in [3.8, 4) is 0 Å². The van der Waals surface area contributed by atoms with E-state index in [0.717, 1.165) is 16.7 Å². The minimum atomic E-state index is -0.709. The van der Waals surface area contributed by atoms with E-state index < -0.39 is 17.7 Å². The molecule has 0 spiro atoms. The van der Waals surface area contributed by atoms with Crippen molar-refractivity contribution in [3.05, 3.63) is 106 Å². The monoisotopic (exact) mass is 418 g/mol. The van der Waals surface area contributed by atoms with Crippen LogP contribution in [0, 0.1) is 6.92 Å². The molecule has 1 aliphatic heterocycles. The Kier molecular flexibility index (Phi) is 5.38. The van der Waals surface area contributed by atoms with Gasteiger partial charge in [-0.1, -0.05) is 41.9 Å². The van der Waals surface area contributed by atoms with Crippen molar-refractivity contribution >= 4 is 29.1 Å². The average molecular weight is 419 g/mol. The zero-order valence-electron chi connectivity index (χ0n) is 16.2. The van der Waals surface area contributed by atoms with E-state index >= 15 is 0 Å². The van der Waals surface area contributed by atoms with Gasteiger partial charge in [0.25, 0.3) is 11.7 Å². The number of aliphatic hydroxyl groups is 1. The lowest BCUT2D eigenvalue weighted by Gasteiger charge is -2.26. The summed E-state index contributed by atoms with van der Waals surface area (Å²) in [6, 6.07) is 17.0. The predicted molar refractivity (Wildman–Crippen MR) is 115 cm³/mol. The van der Waals surface area contributed by atoms with Crippen LogP contribution < -0.4 is 0 Å².